The zero-order chi connectivity index (χ0) is 8.39. The van der Waals surface area contributed by atoms with Gasteiger partial charge in [0.2, 0.25) is 5.89 Å². The lowest BCUT2D eigenvalue weighted by Crippen LogP contribution is -2.14. The van der Waals surface area contributed by atoms with Crippen molar-refractivity contribution in [3.05, 3.63) is 5.89 Å². The van der Waals surface area contributed by atoms with Crippen LogP contribution in [0, 0.1) is 0 Å². The van der Waals surface area contributed by atoms with Gasteiger partial charge in [-0.15, -0.1) is 10.2 Å². The van der Waals surface area contributed by atoms with E-state index < -0.39 is 0 Å². The Bertz CT molecular complexity index is 258. The van der Waals surface area contributed by atoms with Crippen LogP contribution < -0.4 is 0 Å². The summed E-state index contributed by atoms with van der Waals surface area (Å²) in [6.07, 6.45) is 1.94. The summed E-state index contributed by atoms with van der Waals surface area (Å²) in [4.78, 5) is 0. The standard InChI is InChI=1S/C7H10N2O2S/c12-7-9-8-6(11-7)5-1-3-10-4-2-5/h5H,1-4H2,(H,9,12). The Balaban J connectivity index is 2.08. The lowest BCUT2D eigenvalue weighted by molar-refractivity contribution is 0.0786. The van der Waals surface area contributed by atoms with Crippen LogP contribution in [0.15, 0.2) is 9.64 Å². The normalized spacial score (nSPS) is 19.8. The van der Waals surface area contributed by atoms with Crippen LogP contribution in [0.4, 0.5) is 0 Å². The Morgan fingerprint density at radius 1 is 1.25 bits per heavy atom. The fourth-order valence-corrected chi connectivity index (χ4v) is 1.47. The quantitative estimate of drug-likeness (QED) is 0.671. The van der Waals surface area contributed by atoms with Gasteiger partial charge in [0.05, 0.1) is 0 Å². The number of ether oxygens (including phenoxy) is 1. The van der Waals surface area contributed by atoms with Crippen molar-refractivity contribution in [2.24, 2.45) is 0 Å². The summed E-state index contributed by atoms with van der Waals surface area (Å²) in [6.45, 7) is 1.57. The van der Waals surface area contributed by atoms with Crippen LogP contribution in [0.3, 0.4) is 0 Å². The van der Waals surface area contributed by atoms with Crippen LogP contribution in [-0.2, 0) is 4.74 Å². The maximum Gasteiger partial charge on any atom is 0.273 e. The molecular weight excluding hydrogens is 176 g/mol. The largest absolute Gasteiger partial charge is 0.416 e. The number of hydrogen-bond acceptors (Lipinski definition) is 5. The molecule has 0 aliphatic carbocycles. The van der Waals surface area contributed by atoms with Gasteiger partial charge >= 0.3 is 0 Å². The molecule has 0 bridgehead atoms. The van der Waals surface area contributed by atoms with E-state index in [4.69, 9.17) is 9.15 Å². The molecule has 1 aromatic heterocycles. The summed E-state index contributed by atoms with van der Waals surface area (Å²) >= 11 is 3.95. The molecule has 2 rings (SSSR count). The van der Waals surface area contributed by atoms with Gasteiger partial charge in [0, 0.05) is 19.1 Å². The van der Waals surface area contributed by atoms with E-state index in [0.717, 1.165) is 26.1 Å². The van der Waals surface area contributed by atoms with E-state index in [9.17, 15) is 0 Å². The van der Waals surface area contributed by atoms with Gasteiger partial charge < -0.3 is 9.15 Å². The van der Waals surface area contributed by atoms with E-state index in [1.54, 1.807) is 0 Å². The fourth-order valence-electron chi connectivity index (χ4n) is 1.34. The minimum Gasteiger partial charge on any atom is -0.416 e. The molecule has 2 heterocycles. The first-order valence-corrected chi connectivity index (χ1v) is 4.41. The smallest absolute Gasteiger partial charge is 0.273 e. The molecule has 12 heavy (non-hydrogen) atoms. The summed E-state index contributed by atoms with van der Waals surface area (Å²) < 4.78 is 10.4. The average Bonchev–Trinajstić information content (AvgIpc) is 2.54. The Morgan fingerprint density at radius 2 is 2.00 bits per heavy atom. The minimum atomic E-state index is 0.344. The van der Waals surface area contributed by atoms with Crippen LogP contribution in [0.2, 0.25) is 0 Å². The molecule has 0 saturated carbocycles. The van der Waals surface area contributed by atoms with Crippen molar-refractivity contribution in [2.45, 2.75) is 24.0 Å². The molecule has 0 spiro atoms. The fraction of sp³-hybridized carbons (Fsp3) is 0.714. The van der Waals surface area contributed by atoms with Crippen LogP contribution in [-0.4, -0.2) is 23.4 Å². The van der Waals surface area contributed by atoms with Gasteiger partial charge in [0.15, 0.2) is 0 Å². The first-order valence-electron chi connectivity index (χ1n) is 3.96. The molecule has 0 N–H and O–H groups in total. The lowest BCUT2D eigenvalue weighted by atomic mass is 10.0. The predicted molar refractivity (Wildman–Crippen MR) is 44.3 cm³/mol. The van der Waals surface area contributed by atoms with Crippen LogP contribution in [0.1, 0.15) is 24.7 Å². The highest BCUT2D eigenvalue weighted by atomic mass is 32.1. The first-order chi connectivity index (χ1) is 5.86. The van der Waals surface area contributed by atoms with E-state index in [2.05, 4.69) is 22.8 Å². The molecule has 1 aliphatic rings. The van der Waals surface area contributed by atoms with Gasteiger partial charge in [-0.05, 0) is 12.8 Å². The predicted octanol–water partition coefficient (Wildman–Crippen LogP) is 1.25. The van der Waals surface area contributed by atoms with Crippen LogP contribution in [0.25, 0.3) is 0 Å². The van der Waals surface area contributed by atoms with E-state index in [1.807, 2.05) is 0 Å². The second-order valence-electron chi connectivity index (χ2n) is 2.81. The highest BCUT2D eigenvalue weighted by molar-refractivity contribution is 7.80. The van der Waals surface area contributed by atoms with Crippen molar-refractivity contribution in [3.8, 4) is 0 Å². The van der Waals surface area contributed by atoms with E-state index in [-0.39, 0.29) is 0 Å². The average molecular weight is 186 g/mol. The molecule has 0 amide bonds. The molecule has 1 aromatic rings. The highest BCUT2D eigenvalue weighted by Crippen LogP contribution is 2.25. The number of hydrogen-bond donors (Lipinski definition) is 1. The SMILES string of the molecule is Sc1nnc(C2CCOCC2)o1. The Morgan fingerprint density at radius 3 is 2.58 bits per heavy atom. The minimum absolute atomic E-state index is 0.344. The molecular formula is C7H10N2O2S. The highest BCUT2D eigenvalue weighted by Gasteiger charge is 2.20. The van der Waals surface area contributed by atoms with Gasteiger partial charge in [-0.1, -0.05) is 12.6 Å². The first kappa shape index (κ1) is 8.07. The van der Waals surface area contributed by atoms with Crippen molar-refractivity contribution in [3.63, 3.8) is 0 Å². The van der Waals surface area contributed by atoms with Crippen molar-refractivity contribution in [1.29, 1.82) is 0 Å². The molecule has 0 atom stereocenters. The zero-order valence-corrected chi connectivity index (χ0v) is 7.46. The van der Waals surface area contributed by atoms with E-state index in [0.29, 0.717) is 17.0 Å². The molecule has 66 valence electrons. The number of nitrogens with zero attached hydrogens (tertiary/aromatic N) is 2. The van der Waals surface area contributed by atoms with Crippen molar-refractivity contribution in [1.82, 2.24) is 10.2 Å². The second-order valence-corrected chi connectivity index (χ2v) is 3.19. The third-order valence-electron chi connectivity index (χ3n) is 2.00. The van der Waals surface area contributed by atoms with Crippen LogP contribution >= 0.6 is 12.6 Å². The molecule has 1 fully saturated rings. The topological polar surface area (TPSA) is 48.2 Å². The molecule has 0 aromatic carbocycles. The van der Waals surface area contributed by atoms with Gasteiger partial charge in [0.25, 0.3) is 5.22 Å². The summed E-state index contributed by atoms with van der Waals surface area (Å²) in [7, 11) is 0. The third-order valence-corrected chi connectivity index (χ3v) is 2.18. The third kappa shape index (κ3) is 1.61. The molecule has 0 radical (unpaired) electrons. The van der Waals surface area contributed by atoms with E-state index in [1.165, 1.54) is 0 Å². The van der Waals surface area contributed by atoms with Crippen molar-refractivity contribution >= 4 is 12.6 Å². The van der Waals surface area contributed by atoms with Gasteiger partial charge in [-0.2, -0.15) is 0 Å². The van der Waals surface area contributed by atoms with Gasteiger partial charge in [0.1, 0.15) is 0 Å². The Kier molecular flexibility index (Phi) is 2.32. The summed E-state index contributed by atoms with van der Waals surface area (Å²) in [5.74, 6) is 1.07. The van der Waals surface area contributed by atoms with Gasteiger partial charge in [-0.25, -0.2) is 0 Å². The lowest BCUT2D eigenvalue weighted by Gasteiger charge is -2.18. The molecule has 0 unspecified atom stereocenters. The van der Waals surface area contributed by atoms with Crippen molar-refractivity contribution < 1.29 is 9.15 Å². The number of aromatic nitrogens is 2. The second kappa shape index (κ2) is 3.45. The molecule has 1 aliphatic heterocycles. The Hall–Kier alpha value is -0.550. The molecule has 4 nitrogen and oxygen atoms in total. The molecule has 5 heteroatoms. The zero-order valence-electron chi connectivity index (χ0n) is 6.56. The van der Waals surface area contributed by atoms with Gasteiger partial charge in [-0.3, -0.25) is 0 Å². The summed E-state index contributed by atoms with van der Waals surface area (Å²) in [5, 5.41) is 7.93. The summed E-state index contributed by atoms with van der Waals surface area (Å²) in [5.41, 5.74) is 0. The monoisotopic (exact) mass is 186 g/mol. The Labute approximate surface area is 75.7 Å². The van der Waals surface area contributed by atoms with Crippen LogP contribution in [0.5, 0.6) is 0 Å². The van der Waals surface area contributed by atoms with E-state index >= 15 is 0 Å². The summed E-state index contributed by atoms with van der Waals surface area (Å²) in [6, 6.07) is 0. The number of rotatable bonds is 1. The maximum atomic E-state index is 5.22. The molecule has 1 saturated heterocycles. The maximum absolute atomic E-state index is 5.22. The number of thiol groups is 1. The van der Waals surface area contributed by atoms with Crippen molar-refractivity contribution in [2.75, 3.05) is 13.2 Å².